The number of aromatic nitrogens is 2. The number of anilines is 4. The fourth-order valence-corrected chi connectivity index (χ4v) is 11.2. The molecule has 0 atom stereocenters. The van der Waals surface area contributed by atoms with Gasteiger partial charge in [-0.1, -0.05) is 241 Å². The standard InChI is InChI=1S/C80H66N4O2/c1-79(2,3)60-46-59(47-61(49-60)80(4,5)6)69-37-23-36-68(57-30-17-10-18-31-57)78(69)86-65-44-45-81-76(52-65)84-72-43-40-58(54-24-11-7-12-25-54)48-71(72)70-42-41-64(51-75(70)84)85-63-33-21-32-62(50-63)82-53-83(74-39-20-19-38-73(74)82)77-66(55-26-13-8-14-27-55)34-22-35-67(77)56-28-15-9-16-29-56/h7-52H,53H2,1-6H3/i7D,8D,9D,10D,11D,12D,13D,14D,15D,16D,17D,18D,24D,25D,26D,27D,28D,29D,30D,31D. The monoisotopic (exact) mass is 1130 g/mol. The molecule has 0 unspecified atom stereocenters. The van der Waals surface area contributed by atoms with Crippen LogP contribution in [0.2, 0.25) is 0 Å². The SMILES string of the molecule is [2H]c1c([2H])c([2H])c(-c2ccc3c(c2)c2ccc(Oc4cccc(N5CN(c6c(-c7c([2H])c([2H])c([2H])c([2H])c7[2H])cccc6-c6c([2H])c([2H])c([2H])c([2H])c6[2H])c6ccccc65)c4)cc2n3-c2cc(Oc3c(-c4cc(C(C)(C)C)cc(C(C)(C)C)c4)cccc3-c3c([2H])c([2H])c([2H])c([2H])c3[2H])ccn2)c([2H])c1[2H]. The zero-order valence-corrected chi connectivity index (χ0v) is 47.8. The van der Waals surface area contributed by atoms with Gasteiger partial charge in [-0.05, 0) is 110 Å². The number of hydrogen-bond acceptors (Lipinski definition) is 5. The summed E-state index contributed by atoms with van der Waals surface area (Å²) in [6.07, 6.45) is 1.56. The molecule has 0 N–H and O–H groups in total. The molecule has 0 amide bonds. The Balaban J connectivity index is 0.909. The predicted molar refractivity (Wildman–Crippen MR) is 358 cm³/mol. The van der Waals surface area contributed by atoms with Crippen molar-refractivity contribution in [1.29, 1.82) is 0 Å². The summed E-state index contributed by atoms with van der Waals surface area (Å²) in [4.78, 5) is 8.73. The van der Waals surface area contributed by atoms with E-state index in [4.69, 9.17) is 39.1 Å². The summed E-state index contributed by atoms with van der Waals surface area (Å²) in [5, 5.41) is 1.24. The lowest BCUT2D eigenvalue weighted by Crippen LogP contribution is -2.24. The van der Waals surface area contributed by atoms with Crippen molar-refractivity contribution in [1.82, 2.24) is 9.55 Å². The second-order valence-electron chi connectivity index (χ2n) is 23.0. The van der Waals surface area contributed by atoms with Crippen molar-refractivity contribution in [2.75, 3.05) is 16.5 Å². The Bertz CT molecular complexity index is 5670. The molecular weight excluding hydrogens is 1050 g/mol. The van der Waals surface area contributed by atoms with Crippen LogP contribution in [0.1, 0.15) is 80.1 Å². The van der Waals surface area contributed by atoms with Gasteiger partial charge in [0.25, 0.3) is 0 Å². The minimum Gasteiger partial charge on any atom is -0.457 e. The van der Waals surface area contributed by atoms with E-state index in [9.17, 15) is 2.74 Å². The number of pyridine rings is 1. The molecule has 0 spiro atoms. The van der Waals surface area contributed by atoms with Crippen LogP contribution in [0.4, 0.5) is 22.7 Å². The van der Waals surface area contributed by atoms with Gasteiger partial charge in [-0.15, -0.1) is 0 Å². The summed E-state index contributed by atoms with van der Waals surface area (Å²) < 4.78 is 192. The van der Waals surface area contributed by atoms with Crippen LogP contribution in [0, 0.1) is 0 Å². The highest BCUT2D eigenvalue weighted by Crippen LogP contribution is 2.51. The molecule has 0 fully saturated rings. The first-order valence-electron chi connectivity index (χ1n) is 38.0. The maximum atomic E-state index is 9.23. The summed E-state index contributed by atoms with van der Waals surface area (Å²) in [6, 6.07) is 34.6. The summed E-state index contributed by atoms with van der Waals surface area (Å²) in [7, 11) is 0. The van der Waals surface area contributed by atoms with Crippen molar-refractivity contribution in [3.8, 4) is 84.5 Å². The third-order valence-electron chi connectivity index (χ3n) is 15.4. The normalized spacial score (nSPS) is 15.7. The van der Waals surface area contributed by atoms with Crippen LogP contribution in [-0.4, -0.2) is 16.2 Å². The smallest absolute Gasteiger partial charge is 0.143 e. The second-order valence-corrected chi connectivity index (χ2v) is 23.0. The summed E-state index contributed by atoms with van der Waals surface area (Å²) in [6.45, 7) is 12.7. The highest BCUT2D eigenvalue weighted by Gasteiger charge is 2.32. The van der Waals surface area contributed by atoms with Crippen molar-refractivity contribution in [2.45, 2.75) is 52.4 Å². The Morgan fingerprint density at radius 1 is 0.395 bits per heavy atom. The largest absolute Gasteiger partial charge is 0.457 e. The highest BCUT2D eigenvalue weighted by molar-refractivity contribution is 6.11. The van der Waals surface area contributed by atoms with Gasteiger partial charge >= 0.3 is 0 Å². The molecule has 6 nitrogen and oxygen atoms in total. The van der Waals surface area contributed by atoms with E-state index in [0.717, 1.165) is 16.7 Å². The molecule has 0 aliphatic carbocycles. The molecule has 86 heavy (non-hydrogen) atoms. The first kappa shape index (κ1) is 35.6. The van der Waals surface area contributed by atoms with Gasteiger partial charge in [0.05, 0.1) is 55.5 Å². The van der Waals surface area contributed by atoms with E-state index in [1.165, 1.54) is 0 Å². The molecule has 1 aliphatic rings. The van der Waals surface area contributed by atoms with Crippen molar-refractivity contribution >= 4 is 44.6 Å². The third-order valence-corrected chi connectivity index (χ3v) is 15.4. The average Bonchev–Trinajstić information content (AvgIpc) is 1.38. The lowest BCUT2D eigenvalue weighted by atomic mass is 9.78. The lowest BCUT2D eigenvalue weighted by molar-refractivity contribution is 0.483. The third kappa shape index (κ3) is 10.2. The summed E-state index contributed by atoms with van der Waals surface area (Å²) in [5.41, 5.74) is 6.38. The highest BCUT2D eigenvalue weighted by atomic mass is 16.5. The van der Waals surface area contributed by atoms with Crippen molar-refractivity contribution in [2.24, 2.45) is 0 Å². The number of ether oxygens (including phenoxy) is 2. The topological polar surface area (TPSA) is 42.8 Å². The summed E-state index contributed by atoms with van der Waals surface area (Å²) in [5.74, 6) is 1.47. The first-order valence-corrected chi connectivity index (χ1v) is 28.0. The molecule has 14 rings (SSSR count). The average molecular weight is 1140 g/mol. The zero-order valence-electron chi connectivity index (χ0n) is 67.8. The molecule has 1 aliphatic heterocycles. The van der Waals surface area contributed by atoms with Crippen molar-refractivity contribution < 1.29 is 36.9 Å². The number of benzene rings is 11. The Kier molecular flexibility index (Phi) is 9.10. The molecule has 3 heterocycles. The van der Waals surface area contributed by atoms with Gasteiger partial charge in [0.1, 0.15) is 35.5 Å². The van der Waals surface area contributed by atoms with Gasteiger partial charge in [-0.3, -0.25) is 4.57 Å². The zero-order chi connectivity index (χ0) is 75.9. The molecule has 11 aromatic carbocycles. The Hall–Kier alpha value is -10.4. The molecule has 13 aromatic rings. The minimum atomic E-state index is -0.609. The minimum absolute atomic E-state index is 0.00474. The van der Waals surface area contributed by atoms with E-state index in [2.05, 4.69) is 59.7 Å². The van der Waals surface area contributed by atoms with Gasteiger partial charge in [0.15, 0.2) is 0 Å². The molecule has 0 radical (unpaired) electrons. The van der Waals surface area contributed by atoms with Gasteiger partial charge in [-0.25, -0.2) is 4.98 Å². The Morgan fingerprint density at radius 3 is 1.55 bits per heavy atom. The number of rotatable bonds is 12. The van der Waals surface area contributed by atoms with Gasteiger partial charge in [0, 0.05) is 63.1 Å². The summed E-state index contributed by atoms with van der Waals surface area (Å²) >= 11 is 0. The van der Waals surface area contributed by atoms with E-state index in [1.807, 2.05) is 62.9 Å². The van der Waals surface area contributed by atoms with E-state index < -0.39 is 109 Å². The van der Waals surface area contributed by atoms with Crippen LogP contribution in [0.5, 0.6) is 23.0 Å². The lowest BCUT2D eigenvalue weighted by Gasteiger charge is -2.27. The fraction of sp³-hybridized carbons (Fsp3) is 0.113. The molecule has 2 aromatic heterocycles. The molecule has 0 bridgehead atoms. The first-order chi connectivity index (χ1) is 50.2. The van der Waals surface area contributed by atoms with Gasteiger partial charge < -0.3 is 19.3 Å². The van der Waals surface area contributed by atoms with Gasteiger partial charge in [0.2, 0.25) is 0 Å². The number of para-hydroxylation sites is 4. The molecule has 0 saturated carbocycles. The number of nitrogens with zero attached hydrogens (tertiary/aromatic N) is 4. The van der Waals surface area contributed by atoms with Crippen LogP contribution in [0.25, 0.3) is 83.3 Å². The van der Waals surface area contributed by atoms with Gasteiger partial charge in [-0.2, -0.15) is 0 Å². The van der Waals surface area contributed by atoms with Crippen molar-refractivity contribution in [3.63, 3.8) is 0 Å². The molecule has 418 valence electrons. The maximum absolute atomic E-state index is 9.23. The number of hydrogen-bond donors (Lipinski definition) is 0. The predicted octanol–water partition coefficient (Wildman–Crippen LogP) is 21.9. The van der Waals surface area contributed by atoms with Crippen LogP contribution >= 0.6 is 0 Å². The van der Waals surface area contributed by atoms with E-state index in [-0.39, 0.29) is 85.7 Å². The Labute approximate surface area is 532 Å². The maximum Gasteiger partial charge on any atom is 0.143 e. The van der Waals surface area contributed by atoms with Crippen LogP contribution in [0.15, 0.2) is 279 Å². The van der Waals surface area contributed by atoms with Crippen LogP contribution < -0.4 is 19.3 Å². The van der Waals surface area contributed by atoms with Crippen molar-refractivity contribution in [3.05, 3.63) is 290 Å². The van der Waals surface area contributed by atoms with E-state index in [1.54, 1.807) is 91.1 Å². The molecule has 6 heteroatoms. The fourth-order valence-electron chi connectivity index (χ4n) is 11.2. The molecular formula is C80H66N4O2. The van der Waals surface area contributed by atoms with E-state index >= 15 is 0 Å². The Morgan fingerprint density at radius 2 is 0.930 bits per heavy atom. The second kappa shape index (κ2) is 22.0. The van der Waals surface area contributed by atoms with Crippen LogP contribution in [-0.2, 0) is 10.8 Å². The van der Waals surface area contributed by atoms with E-state index in [0.29, 0.717) is 67.3 Å². The molecule has 0 saturated heterocycles. The van der Waals surface area contributed by atoms with Crippen LogP contribution in [0.3, 0.4) is 0 Å². The quantitative estimate of drug-likeness (QED) is 0.122. The number of fused-ring (bicyclic) bond motifs is 4.